The van der Waals surface area contributed by atoms with Gasteiger partial charge in [0.25, 0.3) is 0 Å². The van der Waals surface area contributed by atoms with Gasteiger partial charge in [-0.1, -0.05) is 25.0 Å². The van der Waals surface area contributed by atoms with Crippen LogP contribution in [-0.2, 0) is 21.1 Å². The van der Waals surface area contributed by atoms with Crippen LogP contribution in [0.5, 0.6) is 0 Å². The number of aryl methyl sites for hydroxylation is 1. The molecule has 2 rings (SSSR count). The molecule has 1 aromatic rings. The van der Waals surface area contributed by atoms with Crippen LogP contribution in [0.4, 0.5) is 0 Å². The Balaban J connectivity index is 0.00000450. The molecule has 0 atom stereocenters. The number of aliphatic imine (C=N–C) groups is 1. The monoisotopic (exact) mass is 551 g/mol. The van der Waals surface area contributed by atoms with Crippen LogP contribution in [0.3, 0.4) is 0 Å². The zero-order chi connectivity index (χ0) is 21.3. The summed E-state index contributed by atoms with van der Waals surface area (Å²) in [6, 6.07) is 5.43. The molecule has 0 saturated heterocycles. The van der Waals surface area contributed by atoms with Gasteiger partial charge in [0.2, 0.25) is 0 Å². The summed E-state index contributed by atoms with van der Waals surface area (Å²) >= 11 is 0. The third-order valence-electron chi connectivity index (χ3n) is 5.68. The number of nitrogens with one attached hydrogen (secondary N) is 2. The van der Waals surface area contributed by atoms with Gasteiger partial charge in [-0.25, -0.2) is 13.4 Å². The van der Waals surface area contributed by atoms with E-state index in [0.717, 1.165) is 49.8 Å². The van der Waals surface area contributed by atoms with Crippen molar-refractivity contribution in [2.24, 2.45) is 10.4 Å². The zero-order valence-electron chi connectivity index (χ0n) is 18.8. The lowest BCUT2D eigenvalue weighted by atomic mass is 9.83. The second-order valence-corrected chi connectivity index (χ2v) is 10.1. The Morgan fingerprint density at radius 2 is 1.90 bits per heavy atom. The van der Waals surface area contributed by atoms with Gasteiger partial charge in [0.05, 0.1) is 11.4 Å². The van der Waals surface area contributed by atoms with Crippen molar-refractivity contribution in [1.82, 2.24) is 10.6 Å². The fourth-order valence-electron chi connectivity index (χ4n) is 4.08. The molecule has 1 aliphatic carbocycles. The molecular formula is C22H38IN3O3S. The number of sulfone groups is 1. The topological polar surface area (TPSA) is 79.8 Å². The average Bonchev–Trinajstić information content (AvgIpc) is 3.12. The lowest BCUT2D eigenvalue weighted by Gasteiger charge is -2.30. The highest BCUT2D eigenvalue weighted by molar-refractivity contribution is 14.0. The number of guanidine groups is 1. The van der Waals surface area contributed by atoms with E-state index in [9.17, 15) is 8.42 Å². The van der Waals surface area contributed by atoms with E-state index in [-0.39, 0.29) is 24.0 Å². The van der Waals surface area contributed by atoms with E-state index >= 15 is 0 Å². The molecule has 0 bridgehead atoms. The van der Waals surface area contributed by atoms with E-state index in [1.807, 2.05) is 26.0 Å². The smallest absolute Gasteiger partial charge is 0.191 e. The molecule has 30 heavy (non-hydrogen) atoms. The standard InChI is InChI=1S/C22H37N3O3S.HI/c1-5-23-21(25-17-22(11-7-8-12-22)13-14-28-6-2)24-16-19-9-10-20(18(3)15-19)29(4,26)27;/h9-10,15H,5-8,11-14,16-17H2,1-4H3,(H2,23,24,25);1H. The summed E-state index contributed by atoms with van der Waals surface area (Å²) in [5.41, 5.74) is 2.05. The van der Waals surface area contributed by atoms with Crippen molar-refractivity contribution in [3.05, 3.63) is 29.3 Å². The first-order chi connectivity index (χ1) is 13.8. The first-order valence-electron chi connectivity index (χ1n) is 10.7. The molecule has 0 unspecified atom stereocenters. The normalized spacial score (nSPS) is 16.2. The molecule has 1 fully saturated rings. The molecule has 0 amide bonds. The third-order valence-corrected chi connectivity index (χ3v) is 6.94. The van der Waals surface area contributed by atoms with Gasteiger partial charge in [-0.05, 0) is 62.6 Å². The molecule has 8 heteroatoms. The number of hydrogen-bond donors (Lipinski definition) is 2. The minimum atomic E-state index is -3.20. The van der Waals surface area contributed by atoms with E-state index in [4.69, 9.17) is 9.73 Å². The minimum absolute atomic E-state index is 0. The summed E-state index contributed by atoms with van der Waals surface area (Å²) in [6.45, 7) is 9.72. The summed E-state index contributed by atoms with van der Waals surface area (Å²) in [5, 5.41) is 6.86. The van der Waals surface area contributed by atoms with Crippen molar-refractivity contribution in [3.8, 4) is 0 Å². The maximum Gasteiger partial charge on any atom is 0.191 e. The Morgan fingerprint density at radius 1 is 1.20 bits per heavy atom. The molecule has 0 aromatic heterocycles. The van der Waals surface area contributed by atoms with Gasteiger partial charge in [0, 0.05) is 32.6 Å². The number of hydrogen-bond acceptors (Lipinski definition) is 4. The fourth-order valence-corrected chi connectivity index (χ4v) is 5.04. The van der Waals surface area contributed by atoms with Crippen LogP contribution in [0.1, 0.15) is 57.1 Å². The maximum atomic E-state index is 11.8. The Bertz CT molecular complexity index is 791. The molecule has 0 spiro atoms. The first kappa shape index (κ1) is 27.2. The van der Waals surface area contributed by atoms with Crippen molar-refractivity contribution in [2.45, 2.75) is 64.3 Å². The quantitative estimate of drug-likeness (QED) is 0.199. The molecule has 1 aromatic carbocycles. The number of halogens is 1. The summed E-state index contributed by atoms with van der Waals surface area (Å²) in [5.74, 6) is 0.806. The third kappa shape index (κ3) is 8.34. The van der Waals surface area contributed by atoms with Crippen LogP contribution >= 0.6 is 24.0 Å². The molecule has 2 N–H and O–H groups in total. The molecule has 0 heterocycles. The molecule has 0 radical (unpaired) electrons. The Hall–Kier alpha value is -0.870. The predicted molar refractivity (Wildman–Crippen MR) is 135 cm³/mol. The van der Waals surface area contributed by atoms with Crippen molar-refractivity contribution < 1.29 is 13.2 Å². The lowest BCUT2D eigenvalue weighted by molar-refractivity contribution is 0.105. The lowest BCUT2D eigenvalue weighted by Crippen LogP contribution is -2.43. The van der Waals surface area contributed by atoms with Gasteiger partial charge in [-0.15, -0.1) is 24.0 Å². The van der Waals surface area contributed by atoms with Gasteiger partial charge in [-0.3, -0.25) is 0 Å². The second kappa shape index (κ2) is 12.9. The largest absolute Gasteiger partial charge is 0.382 e. The Kier molecular flexibility index (Phi) is 11.6. The summed E-state index contributed by atoms with van der Waals surface area (Å²) in [6.07, 6.45) is 7.36. The van der Waals surface area contributed by atoms with Crippen LogP contribution in [-0.4, -0.2) is 46.9 Å². The number of rotatable bonds is 10. The van der Waals surface area contributed by atoms with Gasteiger partial charge in [0.1, 0.15) is 0 Å². The van der Waals surface area contributed by atoms with Crippen LogP contribution in [0, 0.1) is 12.3 Å². The second-order valence-electron chi connectivity index (χ2n) is 8.07. The molecular weight excluding hydrogens is 513 g/mol. The number of benzene rings is 1. The Labute approximate surface area is 199 Å². The highest BCUT2D eigenvalue weighted by Gasteiger charge is 2.33. The maximum absolute atomic E-state index is 11.8. The summed E-state index contributed by atoms with van der Waals surface area (Å²) < 4.78 is 29.2. The SMILES string of the molecule is CCNC(=NCc1ccc(S(C)(=O)=O)c(C)c1)NCC1(CCOCC)CCCC1.I. The molecule has 6 nitrogen and oxygen atoms in total. The van der Waals surface area contributed by atoms with Crippen LogP contribution in [0.15, 0.2) is 28.1 Å². The molecule has 172 valence electrons. The first-order valence-corrected chi connectivity index (χ1v) is 12.6. The highest BCUT2D eigenvalue weighted by atomic mass is 127. The van der Waals surface area contributed by atoms with Crippen molar-refractivity contribution in [1.29, 1.82) is 0 Å². The summed E-state index contributed by atoms with van der Waals surface area (Å²) in [7, 11) is -3.20. The zero-order valence-corrected chi connectivity index (χ0v) is 21.9. The van der Waals surface area contributed by atoms with E-state index in [1.54, 1.807) is 6.07 Å². The Morgan fingerprint density at radius 3 is 2.47 bits per heavy atom. The summed E-state index contributed by atoms with van der Waals surface area (Å²) in [4.78, 5) is 5.10. The average molecular weight is 552 g/mol. The molecule has 1 saturated carbocycles. The van der Waals surface area contributed by atoms with Gasteiger partial charge in [-0.2, -0.15) is 0 Å². The van der Waals surface area contributed by atoms with E-state index in [1.165, 1.54) is 31.9 Å². The van der Waals surface area contributed by atoms with E-state index < -0.39 is 9.84 Å². The van der Waals surface area contributed by atoms with Crippen LogP contribution in [0.25, 0.3) is 0 Å². The van der Waals surface area contributed by atoms with Crippen molar-refractivity contribution >= 4 is 39.8 Å². The molecule has 0 aliphatic heterocycles. The highest BCUT2D eigenvalue weighted by Crippen LogP contribution is 2.40. The van der Waals surface area contributed by atoms with E-state index in [2.05, 4.69) is 17.6 Å². The number of ether oxygens (including phenoxy) is 1. The van der Waals surface area contributed by atoms with Crippen LogP contribution in [0.2, 0.25) is 0 Å². The van der Waals surface area contributed by atoms with E-state index in [0.29, 0.717) is 16.9 Å². The van der Waals surface area contributed by atoms with Gasteiger partial charge in [0.15, 0.2) is 15.8 Å². The minimum Gasteiger partial charge on any atom is -0.382 e. The van der Waals surface area contributed by atoms with Crippen molar-refractivity contribution in [3.63, 3.8) is 0 Å². The van der Waals surface area contributed by atoms with Crippen molar-refractivity contribution in [2.75, 3.05) is 32.6 Å². The molecule has 1 aliphatic rings. The van der Waals surface area contributed by atoms with Crippen LogP contribution < -0.4 is 10.6 Å². The number of nitrogens with zero attached hydrogens (tertiary/aromatic N) is 1. The van der Waals surface area contributed by atoms with Gasteiger partial charge < -0.3 is 15.4 Å². The van der Waals surface area contributed by atoms with Gasteiger partial charge >= 0.3 is 0 Å². The fraction of sp³-hybridized carbons (Fsp3) is 0.682. The predicted octanol–water partition coefficient (Wildman–Crippen LogP) is 4.06.